The summed E-state index contributed by atoms with van der Waals surface area (Å²) < 4.78 is 5.26. The molecule has 0 rings (SSSR count). The van der Waals surface area contributed by atoms with Gasteiger partial charge < -0.3 is 20.5 Å². The van der Waals surface area contributed by atoms with Gasteiger partial charge in [0.1, 0.15) is 0 Å². The number of nitrogens with one attached hydrogen (secondary N) is 2. The summed E-state index contributed by atoms with van der Waals surface area (Å²) in [4.78, 5) is 4.41. The third-order valence-corrected chi connectivity index (χ3v) is 2.93. The van der Waals surface area contributed by atoms with E-state index in [0.29, 0.717) is 26.0 Å². The molecule has 5 nitrogen and oxygen atoms in total. The van der Waals surface area contributed by atoms with E-state index in [4.69, 9.17) is 4.74 Å². The first-order chi connectivity index (χ1) is 8.61. The SMILES string of the molecule is CCNC(=NCC(O)(CC)CC)NCCOCC. The molecule has 0 aromatic heterocycles. The van der Waals surface area contributed by atoms with Crippen LogP contribution in [0.25, 0.3) is 0 Å². The third kappa shape index (κ3) is 7.50. The minimum absolute atomic E-state index is 0.421. The number of aliphatic hydroxyl groups is 1. The second-order valence-corrected chi connectivity index (χ2v) is 4.25. The third-order valence-electron chi connectivity index (χ3n) is 2.93. The molecular formula is C13H29N3O2. The summed E-state index contributed by atoms with van der Waals surface area (Å²) in [5.41, 5.74) is -0.692. The molecule has 0 aliphatic rings. The van der Waals surface area contributed by atoms with E-state index < -0.39 is 5.60 Å². The molecular weight excluding hydrogens is 230 g/mol. The predicted octanol–water partition coefficient (Wildman–Crippen LogP) is 1.13. The maximum Gasteiger partial charge on any atom is 0.191 e. The Kier molecular flexibility index (Phi) is 9.69. The molecule has 108 valence electrons. The van der Waals surface area contributed by atoms with Gasteiger partial charge in [-0.3, -0.25) is 4.99 Å². The highest BCUT2D eigenvalue weighted by Crippen LogP contribution is 2.14. The molecule has 0 saturated heterocycles. The van der Waals surface area contributed by atoms with E-state index in [2.05, 4.69) is 15.6 Å². The molecule has 0 fully saturated rings. The smallest absolute Gasteiger partial charge is 0.191 e. The Morgan fingerprint density at radius 2 is 1.83 bits per heavy atom. The van der Waals surface area contributed by atoms with Crippen molar-refractivity contribution in [3.05, 3.63) is 0 Å². The van der Waals surface area contributed by atoms with E-state index in [1.807, 2.05) is 27.7 Å². The van der Waals surface area contributed by atoms with Gasteiger partial charge in [-0.1, -0.05) is 13.8 Å². The van der Waals surface area contributed by atoms with Crippen LogP contribution >= 0.6 is 0 Å². The molecule has 0 aromatic carbocycles. The van der Waals surface area contributed by atoms with Gasteiger partial charge in [0.25, 0.3) is 0 Å². The van der Waals surface area contributed by atoms with Crippen LogP contribution in [0.5, 0.6) is 0 Å². The average Bonchev–Trinajstić information content (AvgIpc) is 2.40. The molecule has 0 radical (unpaired) electrons. The lowest BCUT2D eigenvalue weighted by atomic mass is 9.98. The second kappa shape index (κ2) is 10.1. The molecule has 0 aliphatic heterocycles. The normalized spacial score (nSPS) is 12.6. The Morgan fingerprint density at radius 1 is 1.17 bits per heavy atom. The van der Waals surface area contributed by atoms with Crippen molar-refractivity contribution in [1.29, 1.82) is 0 Å². The van der Waals surface area contributed by atoms with Crippen molar-refractivity contribution < 1.29 is 9.84 Å². The summed E-state index contributed by atoms with van der Waals surface area (Å²) in [6.45, 7) is 11.3. The Bertz CT molecular complexity index is 228. The van der Waals surface area contributed by atoms with Crippen molar-refractivity contribution in [2.45, 2.75) is 46.1 Å². The summed E-state index contributed by atoms with van der Waals surface area (Å²) in [5, 5.41) is 16.5. The monoisotopic (exact) mass is 259 g/mol. The van der Waals surface area contributed by atoms with Gasteiger partial charge in [0, 0.05) is 19.7 Å². The minimum atomic E-state index is -0.692. The molecule has 0 unspecified atom stereocenters. The Balaban J connectivity index is 4.21. The lowest BCUT2D eigenvalue weighted by molar-refractivity contribution is 0.0418. The van der Waals surface area contributed by atoms with Gasteiger partial charge in [-0.2, -0.15) is 0 Å². The number of guanidine groups is 1. The van der Waals surface area contributed by atoms with E-state index in [-0.39, 0.29) is 0 Å². The summed E-state index contributed by atoms with van der Waals surface area (Å²) >= 11 is 0. The van der Waals surface area contributed by atoms with Crippen molar-refractivity contribution in [2.75, 3.05) is 32.8 Å². The van der Waals surface area contributed by atoms with Gasteiger partial charge in [0.05, 0.1) is 18.8 Å². The van der Waals surface area contributed by atoms with E-state index in [9.17, 15) is 5.11 Å². The summed E-state index contributed by atoms with van der Waals surface area (Å²) in [6.07, 6.45) is 1.43. The molecule has 0 bridgehead atoms. The first-order valence-electron chi connectivity index (χ1n) is 6.94. The number of rotatable bonds is 9. The van der Waals surface area contributed by atoms with Crippen LogP contribution in [0.2, 0.25) is 0 Å². The summed E-state index contributed by atoms with van der Waals surface area (Å²) in [6, 6.07) is 0. The second-order valence-electron chi connectivity index (χ2n) is 4.25. The largest absolute Gasteiger partial charge is 0.388 e. The summed E-state index contributed by atoms with van der Waals surface area (Å²) in [7, 11) is 0. The molecule has 0 amide bonds. The van der Waals surface area contributed by atoms with E-state index in [1.165, 1.54) is 0 Å². The van der Waals surface area contributed by atoms with Crippen molar-refractivity contribution in [1.82, 2.24) is 10.6 Å². The minimum Gasteiger partial charge on any atom is -0.388 e. The van der Waals surface area contributed by atoms with Gasteiger partial charge in [0.15, 0.2) is 5.96 Å². The van der Waals surface area contributed by atoms with Crippen molar-refractivity contribution in [3.63, 3.8) is 0 Å². The standard InChI is InChI=1S/C13H29N3O2/c1-5-13(17,6-2)11-16-12(14-7-3)15-9-10-18-8-4/h17H,5-11H2,1-4H3,(H2,14,15,16). The highest BCUT2D eigenvalue weighted by atomic mass is 16.5. The van der Waals surface area contributed by atoms with Crippen molar-refractivity contribution >= 4 is 5.96 Å². The van der Waals surface area contributed by atoms with Crippen LogP contribution in [-0.4, -0.2) is 49.5 Å². The zero-order valence-corrected chi connectivity index (χ0v) is 12.3. The predicted molar refractivity (Wildman–Crippen MR) is 76.0 cm³/mol. The highest BCUT2D eigenvalue weighted by Gasteiger charge is 2.21. The Labute approximate surface area is 111 Å². The fourth-order valence-electron chi connectivity index (χ4n) is 1.43. The van der Waals surface area contributed by atoms with E-state index >= 15 is 0 Å². The quantitative estimate of drug-likeness (QED) is 0.330. The first kappa shape index (κ1) is 17.2. The van der Waals surface area contributed by atoms with Crippen molar-refractivity contribution in [3.8, 4) is 0 Å². The van der Waals surface area contributed by atoms with Gasteiger partial charge in [0.2, 0.25) is 0 Å². The van der Waals surface area contributed by atoms with Gasteiger partial charge in [-0.05, 0) is 26.7 Å². The molecule has 3 N–H and O–H groups in total. The van der Waals surface area contributed by atoms with Gasteiger partial charge in [-0.25, -0.2) is 0 Å². The molecule has 0 aliphatic carbocycles. The van der Waals surface area contributed by atoms with Crippen LogP contribution in [0.1, 0.15) is 40.5 Å². The zero-order valence-electron chi connectivity index (χ0n) is 12.3. The van der Waals surface area contributed by atoms with E-state index in [0.717, 1.165) is 25.7 Å². The van der Waals surface area contributed by atoms with Crippen molar-refractivity contribution in [2.24, 2.45) is 4.99 Å². The van der Waals surface area contributed by atoms with Gasteiger partial charge in [-0.15, -0.1) is 0 Å². The van der Waals surface area contributed by atoms with E-state index in [1.54, 1.807) is 0 Å². The summed E-state index contributed by atoms with van der Waals surface area (Å²) in [5.74, 6) is 0.734. The number of nitrogens with zero attached hydrogens (tertiary/aromatic N) is 1. The first-order valence-corrected chi connectivity index (χ1v) is 6.94. The fourth-order valence-corrected chi connectivity index (χ4v) is 1.43. The van der Waals surface area contributed by atoms with Crippen LogP contribution in [0.4, 0.5) is 0 Å². The van der Waals surface area contributed by atoms with Gasteiger partial charge >= 0.3 is 0 Å². The average molecular weight is 259 g/mol. The van der Waals surface area contributed by atoms with Crippen LogP contribution in [0.15, 0.2) is 4.99 Å². The molecule has 0 heterocycles. The number of ether oxygens (including phenoxy) is 1. The van der Waals surface area contributed by atoms with Crippen LogP contribution < -0.4 is 10.6 Å². The molecule has 0 aromatic rings. The lowest BCUT2D eigenvalue weighted by Crippen LogP contribution is -2.41. The Morgan fingerprint density at radius 3 is 2.33 bits per heavy atom. The topological polar surface area (TPSA) is 65.9 Å². The van der Waals surface area contributed by atoms with Crippen LogP contribution in [-0.2, 0) is 4.74 Å². The number of hydrogen-bond donors (Lipinski definition) is 3. The Hall–Kier alpha value is -0.810. The molecule has 18 heavy (non-hydrogen) atoms. The molecule has 0 atom stereocenters. The maximum atomic E-state index is 10.2. The maximum absolute atomic E-state index is 10.2. The zero-order chi connectivity index (χ0) is 13.9. The molecule has 5 heteroatoms. The fraction of sp³-hybridized carbons (Fsp3) is 0.923. The van der Waals surface area contributed by atoms with Crippen LogP contribution in [0.3, 0.4) is 0 Å². The number of aliphatic imine (C=N–C) groups is 1. The molecule has 0 spiro atoms. The highest BCUT2D eigenvalue weighted by molar-refractivity contribution is 5.79. The molecule has 0 saturated carbocycles. The number of hydrogen-bond acceptors (Lipinski definition) is 3. The van der Waals surface area contributed by atoms with Crippen LogP contribution in [0, 0.1) is 0 Å². The lowest BCUT2D eigenvalue weighted by Gasteiger charge is -2.23.